The molecule has 22 heavy (non-hydrogen) atoms. The maximum atomic E-state index is 12.2. The van der Waals surface area contributed by atoms with Gasteiger partial charge in [-0.2, -0.15) is 0 Å². The van der Waals surface area contributed by atoms with Crippen LogP contribution in [0, 0.1) is 6.92 Å². The lowest BCUT2D eigenvalue weighted by Crippen LogP contribution is -2.43. The number of aromatic nitrogens is 1. The van der Waals surface area contributed by atoms with Gasteiger partial charge in [-0.3, -0.25) is 4.90 Å². The Balaban J connectivity index is 1.79. The number of carbonyl (C=O) groups is 1. The summed E-state index contributed by atoms with van der Waals surface area (Å²) in [5, 5.41) is 3.98. The minimum Gasteiger partial charge on any atom is -0.460 e. The SMILES string of the molecule is Cc1cc([C@@]2(COC(=O)c3ccccc3)CCCN2C)on1. The number of likely N-dealkylation sites (N-methyl/N-ethyl adjacent to an activating group) is 1. The normalized spacial score (nSPS) is 21.9. The highest BCUT2D eigenvalue weighted by molar-refractivity contribution is 5.89. The molecule has 0 saturated carbocycles. The van der Waals surface area contributed by atoms with Crippen LogP contribution in [-0.2, 0) is 10.3 Å². The molecule has 2 aromatic rings. The zero-order valence-electron chi connectivity index (χ0n) is 12.9. The second kappa shape index (κ2) is 5.93. The van der Waals surface area contributed by atoms with Crippen molar-refractivity contribution in [2.24, 2.45) is 0 Å². The number of nitrogens with zero attached hydrogens (tertiary/aromatic N) is 2. The van der Waals surface area contributed by atoms with Gasteiger partial charge in [0, 0.05) is 6.07 Å². The Morgan fingerprint density at radius 3 is 2.77 bits per heavy atom. The number of hydrogen-bond acceptors (Lipinski definition) is 5. The highest BCUT2D eigenvalue weighted by Crippen LogP contribution is 2.38. The molecule has 1 aliphatic heterocycles. The summed E-state index contributed by atoms with van der Waals surface area (Å²) in [6.07, 6.45) is 1.93. The van der Waals surface area contributed by atoms with Gasteiger partial charge in [0.1, 0.15) is 12.1 Å². The Kier molecular flexibility index (Phi) is 3.98. The summed E-state index contributed by atoms with van der Waals surface area (Å²) in [6.45, 7) is 3.11. The summed E-state index contributed by atoms with van der Waals surface area (Å²) < 4.78 is 11.1. The summed E-state index contributed by atoms with van der Waals surface area (Å²) in [5.41, 5.74) is 0.988. The average Bonchev–Trinajstić information content (AvgIpc) is 3.13. The molecule has 2 heterocycles. The van der Waals surface area contributed by atoms with Gasteiger partial charge in [-0.15, -0.1) is 0 Å². The monoisotopic (exact) mass is 300 g/mol. The van der Waals surface area contributed by atoms with Gasteiger partial charge in [-0.05, 0) is 45.5 Å². The number of hydrogen-bond donors (Lipinski definition) is 0. The Morgan fingerprint density at radius 2 is 2.18 bits per heavy atom. The van der Waals surface area contributed by atoms with Gasteiger partial charge < -0.3 is 9.26 Å². The van der Waals surface area contributed by atoms with E-state index in [1.807, 2.05) is 38.2 Å². The Morgan fingerprint density at radius 1 is 1.41 bits per heavy atom. The molecule has 3 rings (SSSR count). The standard InChI is InChI=1S/C17H20N2O3/c1-13-11-15(22-18-13)17(9-6-10-19(17)2)12-21-16(20)14-7-4-3-5-8-14/h3-5,7-8,11H,6,9-10,12H2,1-2H3/t17-/m0/s1. The molecule has 1 aromatic carbocycles. The summed E-state index contributed by atoms with van der Waals surface area (Å²) in [5.74, 6) is 0.461. The molecular weight excluding hydrogens is 280 g/mol. The molecule has 5 nitrogen and oxygen atoms in total. The number of ether oxygens (including phenoxy) is 1. The van der Waals surface area contributed by atoms with Crippen molar-refractivity contribution in [3.63, 3.8) is 0 Å². The van der Waals surface area contributed by atoms with Gasteiger partial charge in [0.15, 0.2) is 5.76 Å². The fraction of sp³-hybridized carbons (Fsp3) is 0.412. The second-order valence-electron chi connectivity index (χ2n) is 5.83. The number of carbonyl (C=O) groups excluding carboxylic acids is 1. The molecule has 0 N–H and O–H groups in total. The molecule has 1 aliphatic rings. The number of benzene rings is 1. The van der Waals surface area contributed by atoms with Crippen LogP contribution < -0.4 is 0 Å². The number of aryl methyl sites for hydroxylation is 1. The van der Waals surface area contributed by atoms with Crippen LogP contribution in [0.2, 0.25) is 0 Å². The molecule has 0 unspecified atom stereocenters. The minimum absolute atomic E-state index is 0.270. The molecule has 0 aliphatic carbocycles. The first kappa shape index (κ1) is 14.8. The Hall–Kier alpha value is -2.14. The molecule has 1 aromatic heterocycles. The summed E-state index contributed by atoms with van der Waals surface area (Å²) in [6, 6.07) is 11.0. The zero-order chi connectivity index (χ0) is 15.6. The van der Waals surface area contributed by atoms with Crippen molar-refractivity contribution < 1.29 is 14.1 Å². The largest absolute Gasteiger partial charge is 0.460 e. The molecule has 1 saturated heterocycles. The van der Waals surface area contributed by atoms with Crippen LogP contribution >= 0.6 is 0 Å². The quantitative estimate of drug-likeness (QED) is 0.813. The van der Waals surface area contributed by atoms with Crippen molar-refractivity contribution in [1.29, 1.82) is 0 Å². The van der Waals surface area contributed by atoms with Gasteiger partial charge in [0.25, 0.3) is 0 Å². The maximum Gasteiger partial charge on any atom is 0.338 e. The van der Waals surface area contributed by atoms with E-state index in [2.05, 4.69) is 10.1 Å². The lowest BCUT2D eigenvalue weighted by Gasteiger charge is -2.33. The lowest BCUT2D eigenvalue weighted by molar-refractivity contribution is 0.0105. The van der Waals surface area contributed by atoms with E-state index in [1.54, 1.807) is 12.1 Å². The van der Waals surface area contributed by atoms with E-state index in [0.29, 0.717) is 5.56 Å². The first-order valence-electron chi connectivity index (χ1n) is 7.49. The summed E-state index contributed by atoms with van der Waals surface area (Å²) in [7, 11) is 2.03. The maximum absolute atomic E-state index is 12.2. The molecule has 5 heteroatoms. The average molecular weight is 300 g/mol. The van der Waals surface area contributed by atoms with Crippen LogP contribution in [0.15, 0.2) is 40.9 Å². The van der Waals surface area contributed by atoms with Crippen LogP contribution in [0.5, 0.6) is 0 Å². The van der Waals surface area contributed by atoms with E-state index in [1.165, 1.54) is 0 Å². The molecule has 0 bridgehead atoms. The topological polar surface area (TPSA) is 55.6 Å². The third kappa shape index (κ3) is 2.64. The van der Waals surface area contributed by atoms with Gasteiger partial charge in [-0.1, -0.05) is 23.4 Å². The van der Waals surface area contributed by atoms with Crippen LogP contribution in [-0.4, -0.2) is 36.2 Å². The van der Waals surface area contributed by atoms with E-state index in [0.717, 1.165) is 30.8 Å². The van der Waals surface area contributed by atoms with Crippen LogP contribution in [0.4, 0.5) is 0 Å². The Bertz CT molecular complexity index is 653. The highest BCUT2D eigenvalue weighted by atomic mass is 16.5. The number of likely N-dealkylation sites (tertiary alicyclic amines) is 1. The smallest absolute Gasteiger partial charge is 0.338 e. The first-order chi connectivity index (χ1) is 10.6. The first-order valence-corrected chi connectivity index (χ1v) is 7.49. The minimum atomic E-state index is -0.411. The second-order valence-corrected chi connectivity index (χ2v) is 5.83. The molecule has 1 fully saturated rings. The van der Waals surface area contributed by atoms with E-state index in [9.17, 15) is 4.79 Å². The van der Waals surface area contributed by atoms with Crippen LogP contribution in [0.25, 0.3) is 0 Å². The summed E-state index contributed by atoms with van der Waals surface area (Å²) in [4.78, 5) is 14.4. The molecule has 116 valence electrons. The van der Waals surface area contributed by atoms with Gasteiger partial charge in [-0.25, -0.2) is 4.79 Å². The molecule has 0 amide bonds. The third-order valence-corrected chi connectivity index (χ3v) is 4.35. The number of esters is 1. The lowest BCUT2D eigenvalue weighted by atomic mass is 9.94. The van der Waals surface area contributed by atoms with Crippen molar-refractivity contribution in [3.8, 4) is 0 Å². The predicted molar refractivity (Wildman–Crippen MR) is 81.5 cm³/mol. The van der Waals surface area contributed by atoms with Crippen molar-refractivity contribution in [2.75, 3.05) is 20.2 Å². The zero-order valence-corrected chi connectivity index (χ0v) is 12.9. The van der Waals surface area contributed by atoms with Crippen molar-refractivity contribution in [1.82, 2.24) is 10.1 Å². The van der Waals surface area contributed by atoms with E-state index in [-0.39, 0.29) is 12.6 Å². The van der Waals surface area contributed by atoms with E-state index in [4.69, 9.17) is 9.26 Å². The molecule has 0 radical (unpaired) electrons. The number of rotatable bonds is 4. The van der Waals surface area contributed by atoms with E-state index < -0.39 is 5.54 Å². The Labute approximate surface area is 129 Å². The molecule has 1 atom stereocenters. The van der Waals surface area contributed by atoms with E-state index >= 15 is 0 Å². The van der Waals surface area contributed by atoms with Crippen molar-refractivity contribution >= 4 is 5.97 Å². The van der Waals surface area contributed by atoms with Crippen molar-refractivity contribution in [2.45, 2.75) is 25.3 Å². The van der Waals surface area contributed by atoms with Crippen molar-refractivity contribution in [3.05, 3.63) is 53.4 Å². The predicted octanol–water partition coefficient (Wildman–Crippen LogP) is 2.76. The van der Waals surface area contributed by atoms with Gasteiger partial charge in [0.05, 0.1) is 11.3 Å². The third-order valence-electron chi connectivity index (χ3n) is 4.35. The van der Waals surface area contributed by atoms with Gasteiger partial charge >= 0.3 is 5.97 Å². The molecular formula is C17H20N2O3. The fourth-order valence-electron chi connectivity index (χ4n) is 3.00. The van der Waals surface area contributed by atoms with Crippen LogP contribution in [0.3, 0.4) is 0 Å². The van der Waals surface area contributed by atoms with Crippen LogP contribution in [0.1, 0.15) is 34.7 Å². The summed E-state index contributed by atoms with van der Waals surface area (Å²) >= 11 is 0. The highest BCUT2D eigenvalue weighted by Gasteiger charge is 2.45. The fourth-order valence-corrected chi connectivity index (χ4v) is 3.00. The van der Waals surface area contributed by atoms with Gasteiger partial charge in [0.2, 0.25) is 0 Å². The molecule has 0 spiro atoms.